The van der Waals surface area contributed by atoms with Crippen molar-refractivity contribution >= 4 is 22.8 Å². The SMILES string of the molecule is Cc1nc2ncccc2cc1NC(=O)OC1CCCCC1. The third-order valence-electron chi connectivity index (χ3n) is 3.84. The lowest BCUT2D eigenvalue weighted by molar-refractivity contribution is 0.0865. The zero-order valence-electron chi connectivity index (χ0n) is 12.1. The maximum absolute atomic E-state index is 12.0. The van der Waals surface area contributed by atoms with E-state index < -0.39 is 6.09 Å². The molecule has 1 fully saturated rings. The summed E-state index contributed by atoms with van der Waals surface area (Å²) in [7, 11) is 0. The van der Waals surface area contributed by atoms with Crippen LogP contribution in [0.4, 0.5) is 10.5 Å². The minimum Gasteiger partial charge on any atom is -0.446 e. The van der Waals surface area contributed by atoms with Gasteiger partial charge in [0.1, 0.15) is 6.10 Å². The first-order valence-corrected chi connectivity index (χ1v) is 7.42. The van der Waals surface area contributed by atoms with Crippen molar-refractivity contribution in [2.45, 2.75) is 45.1 Å². The minimum atomic E-state index is -0.393. The fraction of sp³-hybridized carbons (Fsp3) is 0.438. The molecule has 0 atom stereocenters. The van der Waals surface area contributed by atoms with Crippen molar-refractivity contribution < 1.29 is 9.53 Å². The fourth-order valence-electron chi connectivity index (χ4n) is 2.69. The van der Waals surface area contributed by atoms with Gasteiger partial charge in [0.05, 0.1) is 11.4 Å². The summed E-state index contributed by atoms with van der Waals surface area (Å²) in [6.45, 7) is 1.85. The molecule has 5 nitrogen and oxygen atoms in total. The number of nitrogens with zero attached hydrogens (tertiary/aromatic N) is 2. The van der Waals surface area contributed by atoms with Crippen LogP contribution < -0.4 is 5.32 Å². The number of rotatable bonds is 2. The van der Waals surface area contributed by atoms with Gasteiger partial charge >= 0.3 is 6.09 Å². The van der Waals surface area contributed by atoms with Gasteiger partial charge < -0.3 is 4.74 Å². The van der Waals surface area contributed by atoms with Crippen LogP contribution >= 0.6 is 0 Å². The third-order valence-corrected chi connectivity index (χ3v) is 3.84. The van der Waals surface area contributed by atoms with E-state index in [2.05, 4.69) is 15.3 Å². The zero-order valence-corrected chi connectivity index (χ0v) is 12.1. The molecule has 2 aromatic rings. The molecule has 5 heteroatoms. The van der Waals surface area contributed by atoms with Crippen LogP contribution in [0.1, 0.15) is 37.8 Å². The van der Waals surface area contributed by atoms with Gasteiger partial charge in [-0.25, -0.2) is 14.8 Å². The van der Waals surface area contributed by atoms with Crippen LogP contribution in [0.25, 0.3) is 11.0 Å². The van der Waals surface area contributed by atoms with E-state index in [1.54, 1.807) is 6.20 Å². The van der Waals surface area contributed by atoms with Gasteiger partial charge in [-0.2, -0.15) is 0 Å². The van der Waals surface area contributed by atoms with E-state index >= 15 is 0 Å². The maximum atomic E-state index is 12.0. The summed E-state index contributed by atoms with van der Waals surface area (Å²) in [5.74, 6) is 0. The molecule has 0 unspecified atom stereocenters. The van der Waals surface area contributed by atoms with E-state index in [4.69, 9.17) is 4.74 Å². The number of ether oxygens (including phenoxy) is 1. The molecule has 0 aliphatic heterocycles. The molecular formula is C16H19N3O2. The highest BCUT2D eigenvalue weighted by Crippen LogP contribution is 2.22. The quantitative estimate of drug-likeness (QED) is 0.911. The second-order valence-corrected chi connectivity index (χ2v) is 5.46. The number of nitrogens with one attached hydrogen (secondary N) is 1. The maximum Gasteiger partial charge on any atom is 0.411 e. The van der Waals surface area contributed by atoms with Crippen LogP contribution in [0.5, 0.6) is 0 Å². The molecule has 110 valence electrons. The Labute approximate surface area is 123 Å². The van der Waals surface area contributed by atoms with E-state index in [0.717, 1.165) is 36.8 Å². The van der Waals surface area contributed by atoms with Gasteiger partial charge in [-0.05, 0) is 50.8 Å². The predicted octanol–water partition coefficient (Wildman–Crippen LogP) is 3.82. The molecule has 0 radical (unpaired) electrons. The smallest absolute Gasteiger partial charge is 0.411 e. The summed E-state index contributed by atoms with van der Waals surface area (Å²) < 4.78 is 5.47. The third kappa shape index (κ3) is 3.29. The van der Waals surface area contributed by atoms with Gasteiger partial charge in [-0.1, -0.05) is 6.42 Å². The van der Waals surface area contributed by atoms with Gasteiger partial charge in [0, 0.05) is 11.6 Å². The molecule has 2 aromatic heterocycles. The van der Waals surface area contributed by atoms with Gasteiger partial charge in [0.2, 0.25) is 0 Å². The van der Waals surface area contributed by atoms with Crippen LogP contribution in [0, 0.1) is 6.92 Å². The Morgan fingerprint density at radius 3 is 2.95 bits per heavy atom. The van der Waals surface area contributed by atoms with Gasteiger partial charge in [-0.15, -0.1) is 0 Å². The van der Waals surface area contributed by atoms with E-state index in [1.165, 1.54) is 6.42 Å². The lowest BCUT2D eigenvalue weighted by atomic mass is 9.98. The summed E-state index contributed by atoms with van der Waals surface area (Å²) in [6.07, 6.45) is 6.81. The number of fused-ring (bicyclic) bond motifs is 1. The van der Waals surface area contributed by atoms with E-state index in [-0.39, 0.29) is 6.10 Å². The van der Waals surface area contributed by atoms with Crippen LogP contribution in [-0.2, 0) is 4.74 Å². The Morgan fingerprint density at radius 1 is 1.33 bits per heavy atom. The van der Waals surface area contributed by atoms with Crippen molar-refractivity contribution in [2.75, 3.05) is 5.32 Å². The molecule has 0 aromatic carbocycles. The summed E-state index contributed by atoms with van der Waals surface area (Å²) in [6, 6.07) is 5.66. The summed E-state index contributed by atoms with van der Waals surface area (Å²) in [5.41, 5.74) is 2.10. The molecule has 0 saturated heterocycles. The summed E-state index contributed by atoms with van der Waals surface area (Å²) >= 11 is 0. The first kappa shape index (κ1) is 13.8. The molecule has 1 aliphatic rings. The van der Waals surface area contributed by atoms with Crippen LogP contribution in [-0.4, -0.2) is 22.2 Å². The molecule has 3 rings (SSSR count). The number of hydrogen-bond acceptors (Lipinski definition) is 4. The number of aryl methyl sites for hydroxylation is 1. The minimum absolute atomic E-state index is 0.0501. The Hall–Kier alpha value is -2.17. The van der Waals surface area contributed by atoms with Gasteiger partial charge in [-0.3, -0.25) is 5.32 Å². The standard InChI is InChI=1S/C16H19N3O2/c1-11-14(10-12-6-5-9-17-15(12)18-11)19-16(20)21-13-7-3-2-4-8-13/h5-6,9-10,13H,2-4,7-8H2,1H3,(H,19,20). The fourth-order valence-corrected chi connectivity index (χ4v) is 2.69. The molecular weight excluding hydrogens is 266 g/mol. The molecule has 0 spiro atoms. The normalized spacial score (nSPS) is 15.9. The topological polar surface area (TPSA) is 64.1 Å². The number of aromatic nitrogens is 2. The largest absolute Gasteiger partial charge is 0.446 e. The number of carbonyl (C=O) groups excluding carboxylic acids is 1. The van der Waals surface area contributed by atoms with E-state index in [0.29, 0.717) is 11.3 Å². The first-order valence-electron chi connectivity index (χ1n) is 7.42. The molecule has 1 amide bonds. The number of amides is 1. The molecule has 0 bridgehead atoms. The highest BCUT2D eigenvalue weighted by atomic mass is 16.6. The zero-order chi connectivity index (χ0) is 14.7. The average molecular weight is 285 g/mol. The number of hydrogen-bond donors (Lipinski definition) is 1. The number of pyridine rings is 2. The van der Waals surface area contributed by atoms with E-state index in [9.17, 15) is 4.79 Å². The van der Waals surface area contributed by atoms with Crippen LogP contribution in [0.15, 0.2) is 24.4 Å². The lowest BCUT2D eigenvalue weighted by Crippen LogP contribution is -2.24. The second-order valence-electron chi connectivity index (χ2n) is 5.46. The van der Waals surface area contributed by atoms with Crippen molar-refractivity contribution in [3.8, 4) is 0 Å². The van der Waals surface area contributed by atoms with Crippen molar-refractivity contribution in [2.24, 2.45) is 0 Å². The number of anilines is 1. The Kier molecular flexibility index (Phi) is 3.99. The first-order chi connectivity index (χ1) is 10.2. The summed E-state index contributed by atoms with van der Waals surface area (Å²) in [4.78, 5) is 20.6. The molecule has 2 heterocycles. The van der Waals surface area contributed by atoms with Crippen molar-refractivity contribution in [3.05, 3.63) is 30.1 Å². The van der Waals surface area contributed by atoms with Crippen LogP contribution in [0.2, 0.25) is 0 Å². The van der Waals surface area contributed by atoms with Crippen molar-refractivity contribution in [1.82, 2.24) is 9.97 Å². The Balaban J connectivity index is 1.71. The molecule has 21 heavy (non-hydrogen) atoms. The Bertz CT molecular complexity index is 651. The summed E-state index contributed by atoms with van der Waals surface area (Å²) in [5, 5.41) is 3.70. The molecule has 1 aliphatic carbocycles. The van der Waals surface area contributed by atoms with Gasteiger partial charge in [0.15, 0.2) is 5.65 Å². The van der Waals surface area contributed by atoms with Crippen LogP contribution in [0.3, 0.4) is 0 Å². The highest BCUT2D eigenvalue weighted by molar-refractivity contribution is 5.89. The van der Waals surface area contributed by atoms with E-state index in [1.807, 2.05) is 25.1 Å². The highest BCUT2D eigenvalue weighted by Gasteiger charge is 2.18. The van der Waals surface area contributed by atoms with Crippen molar-refractivity contribution in [3.63, 3.8) is 0 Å². The van der Waals surface area contributed by atoms with Gasteiger partial charge in [0.25, 0.3) is 0 Å². The second kappa shape index (κ2) is 6.08. The number of carbonyl (C=O) groups is 1. The molecule has 1 N–H and O–H groups in total. The Morgan fingerprint density at radius 2 is 2.14 bits per heavy atom. The van der Waals surface area contributed by atoms with Crippen molar-refractivity contribution in [1.29, 1.82) is 0 Å². The molecule has 1 saturated carbocycles. The predicted molar refractivity (Wildman–Crippen MR) is 81.3 cm³/mol. The average Bonchev–Trinajstić information content (AvgIpc) is 2.49. The lowest BCUT2D eigenvalue weighted by Gasteiger charge is -2.22. The monoisotopic (exact) mass is 285 g/mol.